The van der Waals surface area contributed by atoms with Crippen LogP contribution in [0.3, 0.4) is 0 Å². The van der Waals surface area contributed by atoms with E-state index in [1.807, 2.05) is 0 Å². The van der Waals surface area contributed by atoms with E-state index < -0.39 is 20.5 Å². The third-order valence-corrected chi connectivity index (χ3v) is 2.44. The van der Waals surface area contributed by atoms with Crippen LogP contribution < -0.4 is 74.2 Å². The van der Waals surface area contributed by atoms with Crippen molar-refractivity contribution in [3.8, 4) is 0 Å². The summed E-state index contributed by atoms with van der Waals surface area (Å²) in [7, 11) is -5.03. The fourth-order valence-electron chi connectivity index (χ4n) is 1.32. The van der Waals surface area contributed by atoms with Crippen LogP contribution in [0.1, 0.15) is 18.5 Å². The zero-order valence-electron chi connectivity index (χ0n) is 11.2. The number of carbonyl (C=O) groups excluding carboxylic acids is 1. The second-order valence-electron chi connectivity index (χ2n) is 3.41. The van der Waals surface area contributed by atoms with E-state index in [2.05, 4.69) is 9.84 Å². The predicted octanol–water partition coefficient (Wildman–Crippen LogP) is -6.28. The molecule has 0 heterocycles. The Balaban J connectivity index is 0. The van der Waals surface area contributed by atoms with Gasteiger partial charge in [0.05, 0.1) is 20.5 Å². The molecule has 9 heteroatoms. The first kappa shape index (κ1) is 22.1. The van der Waals surface area contributed by atoms with Crippen molar-refractivity contribution in [2.45, 2.75) is 13.0 Å². The summed E-state index contributed by atoms with van der Waals surface area (Å²) in [6.45, 7) is 0.887. The second-order valence-corrected chi connectivity index (χ2v) is 4.56. The number of amides is 1. The van der Waals surface area contributed by atoms with Crippen LogP contribution in [0.25, 0.3) is 0 Å². The molecule has 6 nitrogen and oxygen atoms in total. The van der Waals surface area contributed by atoms with Crippen molar-refractivity contribution >= 4 is 13.7 Å². The van der Waals surface area contributed by atoms with Crippen LogP contribution in [-0.2, 0) is 13.9 Å². The maximum absolute atomic E-state index is 11.0. The van der Waals surface area contributed by atoms with Crippen molar-refractivity contribution in [1.29, 1.82) is 0 Å². The summed E-state index contributed by atoms with van der Waals surface area (Å²) < 4.78 is 14.6. The van der Waals surface area contributed by atoms with E-state index in [9.17, 15) is 19.1 Å². The Morgan fingerprint density at radius 3 is 2.26 bits per heavy atom. The van der Waals surface area contributed by atoms with Gasteiger partial charge >= 0.3 is 59.1 Å². The van der Waals surface area contributed by atoms with Crippen molar-refractivity contribution < 1.29 is 82.8 Å². The number of rotatable bonds is 5. The Labute approximate surface area is 156 Å². The summed E-state index contributed by atoms with van der Waals surface area (Å²) in [4.78, 5) is 31.7. The van der Waals surface area contributed by atoms with Gasteiger partial charge in [0.15, 0.2) is 0 Å². The number of phosphoric acid groups is 1. The van der Waals surface area contributed by atoms with Gasteiger partial charge in [0.25, 0.3) is 0 Å². The van der Waals surface area contributed by atoms with Crippen LogP contribution in [0.4, 0.5) is 0 Å². The van der Waals surface area contributed by atoms with Gasteiger partial charge in [-0.15, -0.1) is 0 Å². The van der Waals surface area contributed by atoms with Crippen molar-refractivity contribution in [2.24, 2.45) is 0 Å². The summed E-state index contributed by atoms with van der Waals surface area (Å²) in [5.41, 5.74) is 0.663. The Bertz CT molecular complexity index is 425. The monoisotopic (exact) mass is 303 g/mol. The van der Waals surface area contributed by atoms with Crippen LogP contribution >= 0.6 is 7.82 Å². The minimum atomic E-state index is -5.03. The van der Waals surface area contributed by atoms with Gasteiger partial charge in [0.1, 0.15) is 0 Å². The van der Waals surface area contributed by atoms with Crippen molar-refractivity contribution in [2.75, 3.05) is 6.61 Å². The molecule has 1 rings (SSSR count). The van der Waals surface area contributed by atoms with Crippen LogP contribution in [0.15, 0.2) is 30.3 Å². The van der Waals surface area contributed by atoms with Gasteiger partial charge in [-0.05, 0) is 5.56 Å². The largest absolute Gasteiger partial charge is 1.00 e. The van der Waals surface area contributed by atoms with Crippen molar-refractivity contribution in [3.63, 3.8) is 0 Å². The Morgan fingerprint density at radius 2 is 1.84 bits per heavy atom. The SMILES string of the molecule is CC(=O)N[C@H](COP(=O)([O-])[O-])c1ccccc1.[Na+].[Na+]. The number of hydrogen-bond donors (Lipinski definition) is 1. The average Bonchev–Trinajstić information content (AvgIpc) is 2.24. The summed E-state index contributed by atoms with van der Waals surface area (Å²) in [6.07, 6.45) is 0. The van der Waals surface area contributed by atoms with Gasteiger partial charge in [0, 0.05) is 6.92 Å². The molecular formula is C10H12NNa2O5P. The Kier molecular flexibility index (Phi) is 12.2. The summed E-state index contributed by atoms with van der Waals surface area (Å²) >= 11 is 0. The van der Waals surface area contributed by atoms with Gasteiger partial charge in [-0.25, -0.2) is 0 Å². The van der Waals surface area contributed by atoms with Crippen molar-refractivity contribution in [3.05, 3.63) is 35.9 Å². The van der Waals surface area contributed by atoms with E-state index >= 15 is 0 Å². The van der Waals surface area contributed by atoms with Gasteiger partial charge in [-0.3, -0.25) is 4.79 Å². The number of carbonyl (C=O) groups is 1. The average molecular weight is 303 g/mol. The molecule has 1 aromatic carbocycles. The Morgan fingerprint density at radius 1 is 1.32 bits per heavy atom. The molecule has 0 spiro atoms. The van der Waals surface area contributed by atoms with E-state index in [1.165, 1.54) is 6.92 Å². The normalized spacial score (nSPS) is 11.7. The molecule has 0 fully saturated rings. The number of nitrogens with one attached hydrogen (secondary N) is 1. The fourth-order valence-corrected chi connectivity index (χ4v) is 1.65. The zero-order chi connectivity index (χ0) is 12.9. The minimum Gasteiger partial charge on any atom is -0.790 e. The van der Waals surface area contributed by atoms with E-state index in [-0.39, 0.29) is 65.0 Å². The minimum absolute atomic E-state index is 0. The molecule has 0 unspecified atom stereocenters. The molecule has 0 aliphatic rings. The number of benzene rings is 1. The maximum Gasteiger partial charge on any atom is 1.00 e. The third-order valence-electron chi connectivity index (χ3n) is 1.98. The summed E-state index contributed by atoms with van der Waals surface area (Å²) in [6, 6.07) is 7.98. The molecule has 0 saturated heterocycles. The first-order valence-electron chi connectivity index (χ1n) is 4.87. The first-order chi connectivity index (χ1) is 7.88. The molecule has 1 amide bonds. The molecule has 0 aromatic heterocycles. The van der Waals surface area contributed by atoms with Gasteiger partial charge in [-0.2, -0.15) is 0 Å². The molecule has 19 heavy (non-hydrogen) atoms. The van der Waals surface area contributed by atoms with E-state index in [1.54, 1.807) is 30.3 Å². The molecule has 1 aromatic rings. The van der Waals surface area contributed by atoms with Crippen LogP contribution in [-0.4, -0.2) is 12.5 Å². The molecule has 0 radical (unpaired) electrons. The van der Waals surface area contributed by atoms with Crippen LogP contribution in [0, 0.1) is 0 Å². The van der Waals surface area contributed by atoms with Crippen LogP contribution in [0.5, 0.6) is 0 Å². The third kappa shape index (κ3) is 10.2. The molecule has 0 aliphatic carbocycles. The van der Waals surface area contributed by atoms with E-state index in [0.717, 1.165) is 0 Å². The molecule has 0 bridgehead atoms. The molecule has 1 N–H and O–H groups in total. The number of phosphoric ester groups is 1. The van der Waals surface area contributed by atoms with Crippen LogP contribution in [0.2, 0.25) is 0 Å². The number of hydrogen-bond acceptors (Lipinski definition) is 5. The molecule has 94 valence electrons. The topological polar surface area (TPSA) is 102 Å². The standard InChI is InChI=1S/C10H14NO5P.2Na/c1-8(12)11-10(7-16-17(13,14)15)9-5-3-2-4-6-9;;/h2-6,10H,7H2,1H3,(H,11,12)(H2,13,14,15);;/q;2*+1/p-2/t10-;;/m1../s1. The predicted molar refractivity (Wildman–Crippen MR) is 56.6 cm³/mol. The molecule has 0 aliphatic heterocycles. The summed E-state index contributed by atoms with van der Waals surface area (Å²) in [5, 5.41) is 2.51. The van der Waals surface area contributed by atoms with Gasteiger partial charge in [-0.1, -0.05) is 30.3 Å². The second kappa shape index (κ2) is 10.5. The van der Waals surface area contributed by atoms with E-state index in [0.29, 0.717) is 5.56 Å². The van der Waals surface area contributed by atoms with Crippen molar-refractivity contribution in [1.82, 2.24) is 5.32 Å². The quantitative estimate of drug-likeness (QED) is 0.431. The van der Waals surface area contributed by atoms with Gasteiger partial charge < -0.3 is 24.2 Å². The maximum atomic E-state index is 11.0. The zero-order valence-corrected chi connectivity index (χ0v) is 16.1. The van der Waals surface area contributed by atoms with Gasteiger partial charge in [0.2, 0.25) is 5.91 Å². The fraction of sp³-hybridized carbons (Fsp3) is 0.300. The Hall–Kier alpha value is 0.800. The summed E-state index contributed by atoms with van der Waals surface area (Å²) in [5.74, 6) is -0.339. The smallest absolute Gasteiger partial charge is 0.790 e. The van der Waals surface area contributed by atoms with E-state index in [4.69, 9.17) is 0 Å². The first-order valence-corrected chi connectivity index (χ1v) is 6.33. The molecule has 1 atom stereocenters. The molecule has 0 saturated carbocycles. The molecular weight excluding hydrogens is 291 g/mol.